The molecule has 1 aliphatic rings. The Morgan fingerprint density at radius 1 is 1.18 bits per heavy atom. The fraction of sp³-hybridized carbons (Fsp3) is 0.588. The molecule has 0 radical (unpaired) electrons. The second-order valence-corrected chi connectivity index (χ2v) is 6.27. The number of aliphatic imine (C=N–C) groups is 1. The molecule has 2 rings (SSSR count). The highest BCUT2D eigenvalue weighted by molar-refractivity contribution is 14.0. The minimum Gasteiger partial charge on any atom is -0.355 e. The second kappa shape index (κ2) is 9.35. The summed E-state index contributed by atoms with van der Waals surface area (Å²) in [6.07, 6.45) is 2.73. The molecule has 0 aromatic heterocycles. The predicted octanol–water partition coefficient (Wildman–Crippen LogP) is 2.65. The summed E-state index contributed by atoms with van der Waals surface area (Å²) in [5, 5.41) is 3.53. The Morgan fingerprint density at radius 2 is 1.82 bits per heavy atom. The van der Waals surface area contributed by atoms with Crippen molar-refractivity contribution in [3.05, 3.63) is 35.9 Å². The van der Waals surface area contributed by atoms with E-state index in [1.807, 2.05) is 20.2 Å². The van der Waals surface area contributed by atoms with E-state index in [2.05, 4.69) is 53.5 Å². The van der Waals surface area contributed by atoms with E-state index in [1.165, 1.54) is 18.4 Å². The topological polar surface area (TPSA) is 30.9 Å². The molecule has 5 heteroatoms. The number of nitrogens with one attached hydrogen (secondary N) is 1. The molecule has 1 aromatic carbocycles. The Labute approximate surface area is 152 Å². The van der Waals surface area contributed by atoms with E-state index in [0.717, 1.165) is 25.0 Å². The lowest BCUT2D eigenvalue weighted by Gasteiger charge is -2.27. The van der Waals surface area contributed by atoms with Crippen LogP contribution in [0.1, 0.15) is 18.4 Å². The van der Waals surface area contributed by atoms with Crippen LogP contribution in [-0.4, -0.2) is 56.5 Å². The minimum atomic E-state index is 0. The average molecular weight is 416 g/mol. The number of halogens is 1. The van der Waals surface area contributed by atoms with Gasteiger partial charge in [0.25, 0.3) is 0 Å². The number of nitrogens with zero attached hydrogens (tertiary/aromatic N) is 3. The van der Waals surface area contributed by atoms with Gasteiger partial charge >= 0.3 is 0 Å². The first kappa shape index (κ1) is 19.2. The zero-order valence-corrected chi connectivity index (χ0v) is 16.5. The summed E-state index contributed by atoms with van der Waals surface area (Å²) in [5.74, 6) is 1.82. The van der Waals surface area contributed by atoms with Gasteiger partial charge in [-0.25, -0.2) is 4.99 Å². The summed E-state index contributed by atoms with van der Waals surface area (Å²) >= 11 is 0. The van der Waals surface area contributed by atoms with E-state index in [0.29, 0.717) is 6.04 Å². The van der Waals surface area contributed by atoms with Crippen molar-refractivity contribution in [3.8, 4) is 0 Å². The molecule has 0 aliphatic heterocycles. The maximum Gasteiger partial charge on any atom is 0.193 e. The van der Waals surface area contributed by atoms with E-state index in [9.17, 15) is 0 Å². The first-order valence-electron chi connectivity index (χ1n) is 7.74. The SMILES string of the molecule is CN(C)C(=NCc1ccccc1)NCC(C1CC1)N(C)C.I. The lowest BCUT2D eigenvalue weighted by molar-refractivity contribution is 0.262. The Morgan fingerprint density at radius 3 is 2.32 bits per heavy atom. The van der Waals surface area contributed by atoms with Crippen molar-refractivity contribution in [3.63, 3.8) is 0 Å². The van der Waals surface area contributed by atoms with Crippen molar-refractivity contribution in [1.82, 2.24) is 15.1 Å². The van der Waals surface area contributed by atoms with Crippen LogP contribution in [0.4, 0.5) is 0 Å². The number of guanidine groups is 1. The molecule has 0 saturated heterocycles. The quantitative estimate of drug-likeness (QED) is 0.440. The van der Waals surface area contributed by atoms with Crippen LogP contribution in [0.5, 0.6) is 0 Å². The van der Waals surface area contributed by atoms with Gasteiger partial charge in [-0.15, -0.1) is 24.0 Å². The molecule has 1 aliphatic carbocycles. The smallest absolute Gasteiger partial charge is 0.193 e. The highest BCUT2D eigenvalue weighted by Crippen LogP contribution is 2.34. The number of likely N-dealkylation sites (N-methyl/N-ethyl adjacent to an activating group) is 1. The van der Waals surface area contributed by atoms with Crippen LogP contribution >= 0.6 is 24.0 Å². The first-order chi connectivity index (χ1) is 10.1. The monoisotopic (exact) mass is 416 g/mol. The molecule has 124 valence electrons. The summed E-state index contributed by atoms with van der Waals surface area (Å²) in [6.45, 7) is 1.68. The summed E-state index contributed by atoms with van der Waals surface area (Å²) in [7, 11) is 8.42. The Balaban J connectivity index is 0.00000242. The van der Waals surface area contributed by atoms with Crippen LogP contribution < -0.4 is 5.32 Å². The van der Waals surface area contributed by atoms with Gasteiger partial charge in [-0.3, -0.25) is 0 Å². The normalized spacial score (nSPS) is 16.1. The van der Waals surface area contributed by atoms with Gasteiger partial charge in [-0.1, -0.05) is 30.3 Å². The molecule has 4 nitrogen and oxygen atoms in total. The summed E-state index contributed by atoms with van der Waals surface area (Å²) in [5.41, 5.74) is 1.24. The van der Waals surface area contributed by atoms with Crippen LogP contribution in [0.2, 0.25) is 0 Å². The maximum atomic E-state index is 4.72. The summed E-state index contributed by atoms with van der Waals surface area (Å²) < 4.78 is 0. The predicted molar refractivity (Wildman–Crippen MR) is 105 cm³/mol. The van der Waals surface area contributed by atoms with Crippen molar-refractivity contribution in [2.24, 2.45) is 10.9 Å². The van der Waals surface area contributed by atoms with E-state index < -0.39 is 0 Å². The van der Waals surface area contributed by atoms with Gasteiger partial charge in [0, 0.05) is 26.7 Å². The summed E-state index contributed by atoms with van der Waals surface area (Å²) in [6, 6.07) is 11.0. The van der Waals surface area contributed by atoms with Gasteiger partial charge < -0.3 is 15.1 Å². The molecule has 1 saturated carbocycles. The van der Waals surface area contributed by atoms with E-state index in [1.54, 1.807) is 0 Å². The molecule has 1 aromatic rings. The van der Waals surface area contributed by atoms with Crippen LogP contribution in [0.15, 0.2) is 35.3 Å². The van der Waals surface area contributed by atoms with Gasteiger partial charge in [-0.05, 0) is 38.4 Å². The van der Waals surface area contributed by atoms with Crippen LogP contribution in [-0.2, 0) is 6.54 Å². The van der Waals surface area contributed by atoms with E-state index in [4.69, 9.17) is 4.99 Å². The van der Waals surface area contributed by atoms with Crippen molar-refractivity contribution < 1.29 is 0 Å². The van der Waals surface area contributed by atoms with Gasteiger partial charge in [0.05, 0.1) is 6.54 Å². The van der Waals surface area contributed by atoms with E-state index in [-0.39, 0.29) is 24.0 Å². The van der Waals surface area contributed by atoms with Crippen LogP contribution in [0, 0.1) is 5.92 Å². The van der Waals surface area contributed by atoms with Crippen LogP contribution in [0.25, 0.3) is 0 Å². The minimum absolute atomic E-state index is 0. The molecule has 1 N–H and O–H groups in total. The molecule has 0 amide bonds. The summed E-state index contributed by atoms with van der Waals surface area (Å²) in [4.78, 5) is 9.10. The molecule has 22 heavy (non-hydrogen) atoms. The Hall–Kier alpha value is -0.820. The van der Waals surface area contributed by atoms with Crippen molar-refractivity contribution >= 4 is 29.9 Å². The molecule has 1 fully saturated rings. The third kappa shape index (κ3) is 6.12. The van der Waals surface area contributed by atoms with Gasteiger partial charge in [0.1, 0.15) is 0 Å². The van der Waals surface area contributed by atoms with Gasteiger partial charge in [-0.2, -0.15) is 0 Å². The van der Waals surface area contributed by atoms with Gasteiger partial charge in [0.15, 0.2) is 5.96 Å². The third-order valence-electron chi connectivity index (χ3n) is 3.98. The largest absolute Gasteiger partial charge is 0.355 e. The molecule has 0 bridgehead atoms. The first-order valence-corrected chi connectivity index (χ1v) is 7.74. The fourth-order valence-corrected chi connectivity index (χ4v) is 2.55. The Kier molecular flexibility index (Phi) is 8.17. The molecular formula is C17H29IN4. The maximum absolute atomic E-state index is 4.72. The fourth-order valence-electron chi connectivity index (χ4n) is 2.55. The van der Waals surface area contributed by atoms with Crippen LogP contribution in [0.3, 0.4) is 0 Å². The number of benzene rings is 1. The van der Waals surface area contributed by atoms with Crippen molar-refractivity contribution in [2.75, 3.05) is 34.7 Å². The Bertz CT molecular complexity index is 453. The zero-order valence-electron chi connectivity index (χ0n) is 14.1. The molecule has 0 heterocycles. The van der Waals surface area contributed by atoms with E-state index >= 15 is 0 Å². The number of rotatable bonds is 6. The van der Waals surface area contributed by atoms with Crippen molar-refractivity contribution in [1.29, 1.82) is 0 Å². The lowest BCUT2D eigenvalue weighted by Crippen LogP contribution is -2.45. The van der Waals surface area contributed by atoms with Crippen molar-refractivity contribution in [2.45, 2.75) is 25.4 Å². The molecule has 0 spiro atoms. The molecule has 1 unspecified atom stereocenters. The second-order valence-electron chi connectivity index (χ2n) is 6.27. The zero-order chi connectivity index (χ0) is 15.2. The highest BCUT2D eigenvalue weighted by atomic mass is 127. The third-order valence-corrected chi connectivity index (χ3v) is 3.98. The van der Waals surface area contributed by atoms with Gasteiger partial charge in [0.2, 0.25) is 0 Å². The standard InChI is InChI=1S/C17H28N4.HI/c1-20(2)16(15-10-11-15)13-19-17(21(3)4)18-12-14-8-6-5-7-9-14;/h5-9,15-16H,10-13H2,1-4H3,(H,18,19);1H. The average Bonchev–Trinajstić information content (AvgIpc) is 3.27. The highest BCUT2D eigenvalue weighted by Gasteiger charge is 2.32. The number of hydrogen-bond acceptors (Lipinski definition) is 2. The molecule has 1 atom stereocenters. The molecular weight excluding hydrogens is 387 g/mol. The lowest BCUT2D eigenvalue weighted by atomic mass is 10.1. The number of hydrogen-bond donors (Lipinski definition) is 1.